The molecule has 0 aliphatic carbocycles. The molecule has 0 heterocycles. The van der Waals surface area contributed by atoms with Gasteiger partial charge in [-0.25, -0.2) is 0 Å². The lowest BCUT2D eigenvalue weighted by atomic mass is 9.78. The van der Waals surface area contributed by atoms with Crippen molar-refractivity contribution in [1.82, 2.24) is 0 Å². The molecule has 0 saturated heterocycles. The van der Waals surface area contributed by atoms with Gasteiger partial charge in [-0.15, -0.1) is 0 Å². The fraction of sp³-hybridized carbons (Fsp3) is 0.533. The highest BCUT2D eigenvalue weighted by Gasteiger charge is 2.34. The van der Waals surface area contributed by atoms with Crippen LogP contribution in [0.15, 0.2) is 12.1 Å². The van der Waals surface area contributed by atoms with E-state index in [1.165, 1.54) is 0 Å². The van der Waals surface area contributed by atoms with Gasteiger partial charge in [0.15, 0.2) is 0 Å². The lowest BCUT2D eigenvalue weighted by Crippen LogP contribution is -2.46. The number of carbonyl (C=O) groups excluding carboxylic acids is 1. The molecule has 0 atom stereocenters. The van der Waals surface area contributed by atoms with Crippen molar-refractivity contribution in [1.29, 1.82) is 0 Å². The third kappa shape index (κ3) is 3.80. The zero-order chi connectivity index (χ0) is 15.7. The molecule has 1 amide bonds. The second-order valence-electron chi connectivity index (χ2n) is 6.19. The predicted molar refractivity (Wildman–Crippen MR) is 88.1 cm³/mol. The van der Waals surface area contributed by atoms with Gasteiger partial charge >= 0.3 is 7.48 Å². The number of aryl methyl sites for hydroxylation is 2. The van der Waals surface area contributed by atoms with Gasteiger partial charge in [0.1, 0.15) is 0 Å². The summed E-state index contributed by atoms with van der Waals surface area (Å²) in [6.45, 7) is 11.9. The maximum Gasteiger partial charge on any atom is 0.331 e. The van der Waals surface area contributed by atoms with Crippen LogP contribution in [0.25, 0.3) is 0 Å². The SMILES string of the molecule is Cc1cc(C(N)=O)cc(C)c1[B]OC(C)(C)C(C)(C)S. The Morgan fingerprint density at radius 1 is 1.20 bits per heavy atom. The average molecular weight is 292 g/mol. The standard InChI is InChI=1S/C15H23BNO2S/c1-9-7-11(13(17)18)8-10(2)12(9)16-19-14(3,4)15(5,6)20/h7-8,20H,1-6H3,(H2,17,18). The highest BCUT2D eigenvalue weighted by molar-refractivity contribution is 7.81. The number of rotatable bonds is 5. The Labute approximate surface area is 128 Å². The first-order valence-corrected chi connectivity index (χ1v) is 7.05. The maximum absolute atomic E-state index is 11.2. The van der Waals surface area contributed by atoms with Crippen LogP contribution in [0.4, 0.5) is 0 Å². The second kappa shape index (κ2) is 5.82. The molecule has 1 aromatic carbocycles. The third-order valence-electron chi connectivity index (χ3n) is 3.82. The highest BCUT2D eigenvalue weighted by atomic mass is 32.1. The van der Waals surface area contributed by atoms with Gasteiger partial charge in [0.05, 0.1) is 5.60 Å². The summed E-state index contributed by atoms with van der Waals surface area (Å²) in [6.07, 6.45) is 0. The van der Waals surface area contributed by atoms with Gasteiger partial charge in [0.2, 0.25) is 5.91 Å². The van der Waals surface area contributed by atoms with Crippen molar-refractivity contribution in [3.63, 3.8) is 0 Å². The maximum atomic E-state index is 11.2. The highest BCUT2D eigenvalue weighted by Crippen LogP contribution is 2.30. The van der Waals surface area contributed by atoms with E-state index in [4.69, 9.17) is 10.4 Å². The van der Waals surface area contributed by atoms with Crippen molar-refractivity contribution in [2.24, 2.45) is 5.73 Å². The van der Waals surface area contributed by atoms with Gasteiger partial charge in [-0.1, -0.05) is 11.1 Å². The largest absolute Gasteiger partial charge is 0.428 e. The van der Waals surface area contributed by atoms with Crippen LogP contribution >= 0.6 is 12.6 Å². The van der Waals surface area contributed by atoms with Crippen LogP contribution in [0.1, 0.15) is 49.2 Å². The summed E-state index contributed by atoms with van der Waals surface area (Å²) >= 11 is 4.57. The summed E-state index contributed by atoms with van der Waals surface area (Å²) in [4.78, 5) is 11.2. The fourth-order valence-electron chi connectivity index (χ4n) is 1.65. The van der Waals surface area contributed by atoms with E-state index in [9.17, 15) is 4.79 Å². The van der Waals surface area contributed by atoms with E-state index in [0.717, 1.165) is 16.6 Å². The predicted octanol–water partition coefficient (Wildman–Crippen LogP) is 2.15. The van der Waals surface area contributed by atoms with Gasteiger partial charge in [0, 0.05) is 10.3 Å². The number of nitrogens with two attached hydrogens (primary N) is 1. The normalized spacial score (nSPS) is 12.3. The summed E-state index contributed by atoms with van der Waals surface area (Å²) in [5.41, 5.74) is 8.31. The molecular formula is C15H23BNO2S. The first-order chi connectivity index (χ1) is 8.95. The molecule has 1 radical (unpaired) electrons. The molecule has 0 fully saturated rings. The first kappa shape index (κ1) is 17.1. The topological polar surface area (TPSA) is 52.3 Å². The Kier molecular flexibility index (Phi) is 4.98. The Morgan fingerprint density at radius 3 is 2.00 bits per heavy atom. The van der Waals surface area contributed by atoms with Crippen molar-refractivity contribution < 1.29 is 9.45 Å². The number of carbonyl (C=O) groups is 1. The Hall–Kier alpha value is -0.935. The van der Waals surface area contributed by atoms with E-state index < -0.39 is 11.5 Å². The minimum absolute atomic E-state index is 0.279. The Morgan fingerprint density at radius 2 is 1.65 bits per heavy atom. The summed E-state index contributed by atoms with van der Waals surface area (Å²) < 4.78 is 5.65. The van der Waals surface area contributed by atoms with Gasteiger partial charge in [-0.05, 0) is 59.1 Å². The Bertz CT molecular complexity index is 498. The van der Waals surface area contributed by atoms with Crippen LogP contribution in [0.3, 0.4) is 0 Å². The number of hydrogen-bond acceptors (Lipinski definition) is 3. The number of amides is 1. The van der Waals surface area contributed by atoms with Crippen LogP contribution in [0, 0.1) is 13.8 Å². The zero-order valence-electron chi connectivity index (χ0n) is 13.1. The number of hydrogen-bond donors (Lipinski definition) is 2. The molecular weight excluding hydrogens is 269 g/mol. The van der Waals surface area contributed by atoms with E-state index in [2.05, 4.69) is 12.6 Å². The van der Waals surface area contributed by atoms with E-state index in [-0.39, 0.29) is 4.75 Å². The van der Waals surface area contributed by atoms with E-state index in [1.807, 2.05) is 41.5 Å². The molecule has 1 aromatic rings. The Balaban J connectivity index is 2.98. The summed E-state index contributed by atoms with van der Waals surface area (Å²) in [5.74, 6) is -0.416. The molecule has 109 valence electrons. The minimum atomic E-state index is -0.419. The van der Waals surface area contributed by atoms with Crippen molar-refractivity contribution in [3.05, 3.63) is 28.8 Å². The van der Waals surface area contributed by atoms with Gasteiger partial charge in [-0.2, -0.15) is 12.6 Å². The molecule has 2 N–H and O–H groups in total. The summed E-state index contributed by atoms with van der Waals surface area (Å²) in [7, 11) is 1.74. The monoisotopic (exact) mass is 292 g/mol. The number of primary amides is 1. The van der Waals surface area contributed by atoms with Crippen LogP contribution in [-0.2, 0) is 4.65 Å². The van der Waals surface area contributed by atoms with Crippen molar-refractivity contribution in [2.45, 2.75) is 51.9 Å². The van der Waals surface area contributed by atoms with Crippen LogP contribution in [-0.4, -0.2) is 23.7 Å². The smallest absolute Gasteiger partial charge is 0.331 e. The molecule has 20 heavy (non-hydrogen) atoms. The van der Waals surface area contributed by atoms with E-state index >= 15 is 0 Å². The van der Waals surface area contributed by atoms with Crippen LogP contribution < -0.4 is 11.2 Å². The molecule has 0 bridgehead atoms. The van der Waals surface area contributed by atoms with E-state index in [1.54, 1.807) is 19.6 Å². The minimum Gasteiger partial charge on any atom is -0.428 e. The molecule has 3 nitrogen and oxygen atoms in total. The third-order valence-corrected chi connectivity index (χ3v) is 4.36. The van der Waals surface area contributed by atoms with Crippen LogP contribution in [0.2, 0.25) is 0 Å². The molecule has 5 heteroatoms. The van der Waals surface area contributed by atoms with Gasteiger partial charge < -0.3 is 10.4 Å². The molecule has 0 saturated carbocycles. The zero-order valence-corrected chi connectivity index (χ0v) is 14.0. The number of benzene rings is 1. The average Bonchev–Trinajstić information content (AvgIpc) is 2.25. The first-order valence-electron chi connectivity index (χ1n) is 6.60. The van der Waals surface area contributed by atoms with Crippen molar-refractivity contribution >= 4 is 31.5 Å². The summed E-state index contributed by atoms with van der Waals surface area (Å²) in [6, 6.07) is 3.56. The lowest BCUT2D eigenvalue weighted by molar-refractivity contribution is 0.0854. The lowest BCUT2D eigenvalue weighted by Gasteiger charge is -2.38. The van der Waals surface area contributed by atoms with Crippen LogP contribution in [0.5, 0.6) is 0 Å². The molecule has 0 aliphatic rings. The quantitative estimate of drug-likeness (QED) is 0.645. The molecule has 0 unspecified atom stereocenters. The second-order valence-corrected chi connectivity index (χ2v) is 7.31. The van der Waals surface area contributed by atoms with Gasteiger partial charge in [0.25, 0.3) is 0 Å². The van der Waals surface area contributed by atoms with Crippen molar-refractivity contribution in [2.75, 3.05) is 0 Å². The fourth-order valence-corrected chi connectivity index (χ4v) is 1.71. The molecule has 0 spiro atoms. The van der Waals surface area contributed by atoms with E-state index in [0.29, 0.717) is 5.56 Å². The molecule has 1 rings (SSSR count). The molecule has 0 aromatic heterocycles. The van der Waals surface area contributed by atoms with Crippen molar-refractivity contribution in [3.8, 4) is 0 Å². The summed E-state index contributed by atoms with van der Waals surface area (Å²) in [5, 5.41) is 0. The number of thiol groups is 1. The molecule has 0 aliphatic heterocycles. The van der Waals surface area contributed by atoms with Gasteiger partial charge in [-0.3, -0.25) is 4.79 Å².